The molecule has 1 heterocycles. The number of benzene rings is 2. The monoisotopic (exact) mass is 366 g/mol. The summed E-state index contributed by atoms with van der Waals surface area (Å²) in [7, 11) is 4.98. The molecule has 4 rings (SSSR count). The van der Waals surface area contributed by atoms with Gasteiger partial charge in [0.15, 0.2) is 11.5 Å². The molecule has 0 spiro atoms. The number of rotatable bonds is 4. The van der Waals surface area contributed by atoms with Gasteiger partial charge in [0.2, 0.25) is 0 Å². The molecule has 1 aliphatic carbocycles. The molecular weight excluding hydrogens is 340 g/mol. The second kappa shape index (κ2) is 7.14. The Morgan fingerprint density at radius 3 is 2.30 bits per heavy atom. The smallest absolute Gasteiger partial charge is 0.161 e. The summed E-state index contributed by atoms with van der Waals surface area (Å²) in [4.78, 5) is 5.17. The van der Waals surface area contributed by atoms with Crippen LogP contribution in [0.4, 0.5) is 5.69 Å². The molecule has 2 aliphatic rings. The average molecular weight is 366 g/mol. The SMILES string of the molecule is COc1ccc(C2=N[C@@H]3CCCC[C@@H]3c3cc(OC)c(OC)cc32)cc1N. The van der Waals surface area contributed by atoms with Crippen LogP contribution in [0.2, 0.25) is 0 Å². The standard InChI is InChI=1S/C22H26N2O3/c1-25-19-9-8-13(10-17(19)23)22-16-12-21(27-3)20(26-2)11-15(16)14-6-4-5-7-18(14)24-22/h8-12,14,18H,4-7,23H2,1-3H3/t14-,18-/m1/s1. The van der Waals surface area contributed by atoms with E-state index in [1.54, 1.807) is 21.3 Å². The topological polar surface area (TPSA) is 66.1 Å². The highest BCUT2D eigenvalue weighted by Crippen LogP contribution is 2.45. The zero-order valence-corrected chi connectivity index (χ0v) is 16.1. The fraction of sp³-hybridized carbons (Fsp3) is 0.409. The highest BCUT2D eigenvalue weighted by molar-refractivity contribution is 6.15. The largest absolute Gasteiger partial charge is 0.495 e. The minimum atomic E-state index is 0.308. The Bertz CT molecular complexity index is 891. The Balaban J connectivity index is 1.89. The number of hydrogen-bond acceptors (Lipinski definition) is 5. The Morgan fingerprint density at radius 2 is 1.59 bits per heavy atom. The van der Waals surface area contributed by atoms with Gasteiger partial charge in [-0.1, -0.05) is 12.8 Å². The lowest BCUT2D eigenvalue weighted by Crippen LogP contribution is -2.29. The van der Waals surface area contributed by atoms with Crippen molar-refractivity contribution < 1.29 is 14.2 Å². The van der Waals surface area contributed by atoms with Crippen LogP contribution in [0.3, 0.4) is 0 Å². The van der Waals surface area contributed by atoms with Crippen molar-refractivity contribution in [3.8, 4) is 17.2 Å². The van der Waals surface area contributed by atoms with Crippen LogP contribution in [0, 0.1) is 0 Å². The van der Waals surface area contributed by atoms with E-state index >= 15 is 0 Å². The summed E-state index contributed by atoms with van der Waals surface area (Å²) in [5, 5.41) is 0. The minimum absolute atomic E-state index is 0.308. The van der Waals surface area contributed by atoms with Gasteiger partial charge in [0, 0.05) is 17.0 Å². The van der Waals surface area contributed by atoms with E-state index in [1.807, 2.05) is 18.2 Å². The van der Waals surface area contributed by atoms with Gasteiger partial charge in [-0.15, -0.1) is 0 Å². The first-order valence-electron chi connectivity index (χ1n) is 9.44. The van der Waals surface area contributed by atoms with Crippen LogP contribution < -0.4 is 19.9 Å². The molecule has 142 valence electrons. The summed E-state index contributed by atoms with van der Waals surface area (Å²) >= 11 is 0. The molecule has 2 aromatic rings. The van der Waals surface area contributed by atoms with E-state index < -0.39 is 0 Å². The van der Waals surface area contributed by atoms with Crippen LogP contribution in [0.1, 0.15) is 48.3 Å². The lowest BCUT2D eigenvalue weighted by molar-refractivity contribution is 0.349. The number of anilines is 1. The van der Waals surface area contributed by atoms with Gasteiger partial charge in [-0.3, -0.25) is 4.99 Å². The Morgan fingerprint density at radius 1 is 0.889 bits per heavy atom. The predicted molar refractivity (Wildman–Crippen MR) is 108 cm³/mol. The van der Waals surface area contributed by atoms with Crippen molar-refractivity contribution in [2.75, 3.05) is 27.1 Å². The maximum absolute atomic E-state index is 6.17. The highest BCUT2D eigenvalue weighted by atomic mass is 16.5. The van der Waals surface area contributed by atoms with Crippen LogP contribution >= 0.6 is 0 Å². The fourth-order valence-electron chi connectivity index (χ4n) is 4.38. The molecule has 0 radical (unpaired) electrons. The Hall–Kier alpha value is -2.69. The molecule has 1 saturated carbocycles. The fourth-order valence-corrected chi connectivity index (χ4v) is 4.38. The predicted octanol–water partition coefficient (Wildman–Crippen LogP) is 4.17. The van der Waals surface area contributed by atoms with Gasteiger partial charge >= 0.3 is 0 Å². The van der Waals surface area contributed by atoms with Crippen molar-refractivity contribution in [3.05, 3.63) is 47.0 Å². The molecule has 2 atom stereocenters. The van der Waals surface area contributed by atoms with E-state index in [0.29, 0.717) is 23.4 Å². The minimum Gasteiger partial charge on any atom is -0.495 e. The summed E-state index contributed by atoms with van der Waals surface area (Å²) in [6.07, 6.45) is 4.75. The molecule has 27 heavy (non-hydrogen) atoms. The third-order valence-electron chi connectivity index (χ3n) is 5.74. The van der Waals surface area contributed by atoms with Crippen molar-refractivity contribution in [3.63, 3.8) is 0 Å². The lowest BCUT2D eigenvalue weighted by Gasteiger charge is -2.35. The molecule has 0 aromatic heterocycles. The van der Waals surface area contributed by atoms with Gasteiger partial charge in [-0.2, -0.15) is 0 Å². The summed E-state index contributed by atoms with van der Waals surface area (Å²) in [5.41, 5.74) is 11.2. The number of aliphatic imine (C=N–C) groups is 1. The first-order valence-corrected chi connectivity index (χ1v) is 9.44. The van der Waals surface area contributed by atoms with E-state index in [1.165, 1.54) is 18.4 Å². The molecule has 2 aromatic carbocycles. The van der Waals surface area contributed by atoms with Crippen LogP contribution in [0.5, 0.6) is 17.2 Å². The number of nitrogen functional groups attached to an aromatic ring is 1. The number of hydrogen-bond donors (Lipinski definition) is 1. The zero-order chi connectivity index (χ0) is 19.0. The number of nitrogens with zero attached hydrogens (tertiary/aromatic N) is 1. The summed E-state index contributed by atoms with van der Waals surface area (Å²) in [6, 6.07) is 10.4. The molecular formula is C22H26N2O3. The van der Waals surface area contributed by atoms with E-state index in [0.717, 1.165) is 41.2 Å². The zero-order valence-electron chi connectivity index (χ0n) is 16.1. The van der Waals surface area contributed by atoms with Crippen LogP contribution in [0.25, 0.3) is 0 Å². The van der Waals surface area contributed by atoms with Crippen molar-refractivity contribution in [2.45, 2.75) is 37.6 Å². The lowest BCUT2D eigenvalue weighted by atomic mass is 9.75. The molecule has 5 heteroatoms. The second-order valence-electron chi connectivity index (χ2n) is 7.19. The number of nitrogens with two attached hydrogens (primary N) is 1. The molecule has 2 N–H and O–H groups in total. The van der Waals surface area contributed by atoms with Crippen LogP contribution in [-0.4, -0.2) is 33.1 Å². The van der Waals surface area contributed by atoms with Gasteiger partial charge in [-0.05, 0) is 48.7 Å². The van der Waals surface area contributed by atoms with E-state index in [9.17, 15) is 0 Å². The molecule has 5 nitrogen and oxygen atoms in total. The molecule has 1 fully saturated rings. The molecule has 0 unspecified atom stereocenters. The van der Waals surface area contributed by atoms with Crippen molar-refractivity contribution >= 4 is 11.4 Å². The summed E-state index contributed by atoms with van der Waals surface area (Å²) in [6.45, 7) is 0. The number of methoxy groups -OCH3 is 3. The normalized spacial score (nSPS) is 20.9. The average Bonchev–Trinajstić information content (AvgIpc) is 2.72. The Labute approximate surface area is 160 Å². The van der Waals surface area contributed by atoms with Gasteiger partial charge in [0.25, 0.3) is 0 Å². The molecule has 0 bridgehead atoms. The maximum Gasteiger partial charge on any atom is 0.161 e. The molecule has 1 aliphatic heterocycles. The van der Waals surface area contributed by atoms with Crippen LogP contribution in [0.15, 0.2) is 35.3 Å². The number of ether oxygens (including phenoxy) is 3. The van der Waals surface area contributed by atoms with Gasteiger partial charge in [-0.25, -0.2) is 0 Å². The highest BCUT2D eigenvalue weighted by Gasteiger charge is 2.34. The second-order valence-corrected chi connectivity index (χ2v) is 7.19. The molecule has 0 amide bonds. The third kappa shape index (κ3) is 3.01. The first-order chi connectivity index (χ1) is 13.2. The van der Waals surface area contributed by atoms with E-state index in [2.05, 4.69) is 12.1 Å². The Kier molecular flexibility index (Phi) is 4.68. The first kappa shape index (κ1) is 17.7. The van der Waals surface area contributed by atoms with Crippen molar-refractivity contribution in [2.24, 2.45) is 4.99 Å². The molecule has 0 saturated heterocycles. The van der Waals surface area contributed by atoms with Crippen LogP contribution in [-0.2, 0) is 0 Å². The van der Waals surface area contributed by atoms with E-state index in [4.69, 9.17) is 24.9 Å². The van der Waals surface area contributed by atoms with Gasteiger partial charge in [0.1, 0.15) is 5.75 Å². The van der Waals surface area contributed by atoms with Gasteiger partial charge < -0.3 is 19.9 Å². The summed E-state index contributed by atoms with van der Waals surface area (Å²) < 4.78 is 16.4. The third-order valence-corrected chi connectivity index (χ3v) is 5.74. The van der Waals surface area contributed by atoms with Gasteiger partial charge in [0.05, 0.1) is 38.8 Å². The van der Waals surface area contributed by atoms with E-state index in [-0.39, 0.29) is 0 Å². The number of fused-ring (bicyclic) bond motifs is 3. The van der Waals surface area contributed by atoms with Crippen molar-refractivity contribution in [1.82, 2.24) is 0 Å². The maximum atomic E-state index is 6.17. The quantitative estimate of drug-likeness (QED) is 0.825. The summed E-state index contributed by atoms with van der Waals surface area (Å²) in [5.74, 6) is 2.61. The van der Waals surface area contributed by atoms with Crippen molar-refractivity contribution in [1.29, 1.82) is 0 Å².